The summed E-state index contributed by atoms with van der Waals surface area (Å²) < 4.78 is 0. The summed E-state index contributed by atoms with van der Waals surface area (Å²) in [5.74, 6) is -7.74. The maximum Gasteiger partial charge on any atom is 0.322 e. The molecule has 0 spiro atoms. The average molecular weight is 1170 g/mol. The fourth-order valence-corrected chi connectivity index (χ4v) is 5.02. The minimum Gasteiger partial charge on any atom is -0.480 e. The number of thiol groups is 2. The van der Waals surface area contributed by atoms with E-state index >= 15 is 0 Å². The number of carboxylic acids is 9. The summed E-state index contributed by atoms with van der Waals surface area (Å²) in [5, 5.41) is 87.8. The summed E-state index contributed by atoms with van der Waals surface area (Å²) in [7, 11) is 0. The van der Waals surface area contributed by atoms with Crippen molar-refractivity contribution in [2.24, 2.45) is 51.8 Å². The average Bonchev–Trinajstić information content (AvgIpc) is 4.25. The van der Waals surface area contributed by atoms with Gasteiger partial charge in [-0.2, -0.15) is 25.3 Å². The first-order valence-corrected chi connectivity index (χ1v) is 24.8. The molecule has 0 bridgehead atoms. The molecule has 2 aromatic rings. The Morgan fingerprint density at radius 3 is 1.03 bits per heavy atom. The number of nitrogens with two attached hydrogens (primary N) is 8. The van der Waals surface area contributed by atoms with Crippen LogP contribution in [-0.4, -0.2) is 217 Å². The number of aliphatic hydroxyl groups excluding tert-OH is 1. The molecule has 33 nitrogen and oxygen atoms in total. The zero-order valence-electron chi connectivity index (χ0n) is 43.5. The first kappa shape index (κ1) is 80.8. The SMILES string of the molecule is CC(C)C[C@H](N)C(=O)O.NCCCC[C@H](N)C(=O)O.N[C@@H](CO)C(=O)O.N[C@@H](CS)C(=O)O.N[C@@H](CS)C(=O)O.N[C@@H](Cc1cnc[nH]1)C(=O)O.N[C@@H](Cc1cnc[nH]1)C(=O)O.O=C(O)[C@@H]1CCCN1.O=C(O)[C@@H]1CCCN1. The van der Waals surface area contributed by atoms with Crippen molar-refractivity contribution < 1.29 is 94.2 Å². The zero-order valence-corrected chi connectivity index (χ0v) is 45.2. The number of carboxylic acid groups (broad SMARTS) is 9. The largest absolute Gasteiger partial charge is 0.480 e. The van der Waals surface area contributed by atoms with Crippen molar-refractivity contribution in [2.45, 2.75) is 132 Å². The summed E-state index contributed by atoms with van der Waals surface area (Å²) in [5.41, 5.74) is 42.3. The van der Waals surface area contributed by atoms with E-state index in [9.17, 15) is 43.2 Å². The molecule has 2 aliphatic rings. The van der Waals surface area contributed by atoms with Crippen molar-refractivity contribution in [3.63, 3.8) is 0 Å². The van der Waals surface area contributed by atoms with Gasteiger partial charge in [-0.25, -0.2) is 9.97 Å². The first-order valence-electron chi connectivity index (χ1n) is 23.6. The molecular weight excluding hydrogens is 1080 g/mol. The van der Waals surface area contributed by atoms with E-state index in [1.165, 1.54) is 12.7 Å². The quantitative estimate of drug-likeness (QED) is 0.0390. The van der Waals surface area contributed by atoms with Crippen LogP contribution in [0.15, 0.2) is 25.0 Å². The molecular formula is C43H84N14O19S2. The normalized spacial score (nSPS) is 16.3. The van der Waals surface area contributed by atoms with Gasteiger partial charge in [0, 0.05) is 48.1 Å². The number of hydrogen-bond acceptors (Lipinski definition) is 24. The van der Waals surface area contributed by atoms with Gasteiger partial charge in [0.1, 0.15) is 54.4 Å². The number of carbonyl (C=O) groups is 9. The third-order valence-electron chi connectivity index (χ3n) is 9.21. The predicted octanol–water partition coefficient (Wildman–Crippen LogP) is -4.61. The molecule has 4 heterocycles. The lowest BCUT2D eigenvalue weighted by molar-refractivity contribution is -0.140. The number of aliphatic hydroxyl groups is 1. The number of aliphatic carboxylic acids is 9. The molecule has 2 saturated heterocycles. The number of hydrogen-bond donors (Lipinski definition) is 24. The maximum atomic E-state index is 10.3. The fraction of sp³-hybridized carbons (Fsp3) is 0.651. The minimum absolute atomic E-state index is 0.190. The van der Waals surface area contributed by atoms with Gasteiger partial charge in [-0.05, 0) is 70.5 Å². The zero-order chi connectivity index (χ0) is 61.5. The monoisotopic (exact) mass is 1160 g/mol. The topological polar surface area (TPSA) is 646 Å². The molecule has 30 N–H and O–H groups in total. The summed E-state index contributed by atoms with van der Waals surface area (Å²) in [6, 6.07) is -6.40. The molecule has 0 aliphatic carbocycles. The molecule has 78 heavy (non-hydrogen) atoms. The number of unbranched alkanes of at least 4 members (excludes halogenated alkanes) is 1. The van der Waals surface area contributed by atoms with E-state index in [1.54, 1.807) is 12.4 Å². The highest BCUT2D eigenvalue weighted by Crippen LogP contribution is 2.05. The van der Waals surface area contributed by atoms with E-state index in [-0.39, 0.29) is 36.4 Å². The highest BCUT2D eigenvalue weighted by molar-refractivity contribution is 7.80. The van der Waals surface area contributed by atoms with Gasteiger partial charge in [-0.15, -0.1) is 0 Å². The van der Waals surface area contributed by atoms with Crippen molar-refractivity contribution in [1.29, 1.82) is 0 Å². The third kappa shape index (κ3) is 50.7. The number of H-pyrrole nitrogens is 2. The maximum absolute atomic E-state index is 10.3. The van der Waals surface area contributed by atoms with Crippen LogP contribution >= 0.6 is 25.3 Å². The van der Waals surface area contributed by atoms with Crippen LogP contribution in [-0.2, 0) is 56.0 Å². The first-order chi connectivity index (χ1) is 36.3. The standard InChI is InChI=1S/2C6H9N3O2.C6H14N2O2.C6H13NO2.2C5H9NO2.C3H7NO3.2C3H7NO2S/c2*7-5(6(10)11)1-4-2-8-3-9-4;7-4-2-1-3-5(8)6(9)10;1-4(2)3-5(7)6(8)9;2*7-5(8)4-2-1-3-6-4;4-2(1-5)3(6)7;2*4-2(1-7)3(5)6/h2*2-3,5H,1,7H2,(H,8,9)(H,10,11);5H,1-4,7-8H2,(H,9,10);4-5H,3,7H2,1-2H3,(H,8,9);2*4,6H,1-3H2,(H,7,8);2,5H,1,4H2,(H,6,7);2*2,7H,1,4H2,(H,5,6)/t4*5-;2*4-;3*2-/m000000000/s1. The molecule has 0 amide bonds. The molecule has 0 radical (unpaired) electrons. The van der Waals surface area contributed by atoms with Crippen molar-refractivity contribution in [1.82, 2.24) is 30.6 Å². The Kier molecular flexibility index (Phi) is 52.2. The van der Waals surface area contributed by atoms with E-state index in [2.05, 4.69) is 55.8 Å². The Balaban J connectivity index is -0.000000258. The molecule has 0 unspecified atom stereocenters. The van der Waals surface area contributed by atoms with Gasteiger partial charge < -0.3 is 118 Å². The van der Waals surface area contributed by atoms with Crippen LogP contribution in [0.4, 0.5) is 0 Å². The molecule has 2 aromatic heterocycles. The molecule has 0 saturated carbocycles. The molecule has 0 aromatic carbocycles. The van der Waals surface area contributed by atoms with Gasteiger partial charge in [-0.3, -0.25) is 43.2 Å². The van der Waals surface area contributed by atoms with Crippen LogP contribution in [0.1, 0.15) is 76.6 Å². The van der Waals surface area contributed by atoms with Gasteiger partial charge in [0.05, 0.1) is 19.3 Å². The summed E-state index contributed by atoms with van der Waals surface area (Å²) in [6.45, 7) is 5.71. The predicted molar refractivity (Wildman–Crippen MR) is 288 cm³/mol. The number of nitrogens with zero attached hydrogens (tertiary/aromatic N) is 2. The van der Waals surface area contributed by atoms with Crippen LogP contribution < -0.4 is 56.5 Å². The smallest absolute Gasteiger partial charge is 0.322 e. The van der Waals surface area contributed by atoms with Crippen LogP contribution in [0.5, 0.6) is 0 Å². The second-order valence-electron chi connectivity index (χ2n) is 16.6. The van der Waals surface area contributed by atoms with E-state index in [0.29, 0.717) is 25.3 Å². The highest BCUT2D eigenvalue weighted by Gasteiger charge is 2.21. The second kappa shape index (κ2) is 50.4. The van der Waals surface area contributed by atoms with Crippen LogP contribution in [0.2, 0.25) is 0 Å². The summed E-state index contributed by atoms with van der Waals surface area (Å²) >= 11 is 7.30. The van der Waals surface area contributed by atoms with Crippen molar-refractivity contribution in [3.05, 3.63) is 36.4 Å². The second-order valence-corrected chi connectivity index (χ2v) is 17.3. The Morgan fingerprint density at radius 2 is 0.872 bits per heavy atom. The van der Waals surface area contributed by atoms with Gasteiger partial charge >= 0.3 is 53.7 Å². The van der Waals surface area contributed by atoms with E-state index < -0.39 is 103 Å². The Hall–Kier alpha value is -6.09. The Bertz CT molecular complexity index is 1790. The molecule has 2 fully saturated rings. The number of rotatable bonds is 22. The molecule has 2 aliphatic heterocycles. The van der Waals surface area contributed by atoms with Gasteiger partial charge in [0.2, 0.25) is 0 Å². The van der Waals surface area contributed by atoms with Crippen LogP contribution in [0, 0.1) is 5.92 Å². The Morgan fingerprint density at radius 1 is 0.538 bits per heavy atom. The van der Waals surface area contributed by atoms with Crippen LogP contribution in [0.3, 0.4) is 0 Å². The lowest BCUT2D eigenvalue weighted by atomic mass is 10.1. The lowest BCUT2D eigenvalue weighted by Gasteiger charge is -2.07. The molecule has 9 atom stereocenters. The highest BCUT2D eigenvalue weighted by atomic mass is 32.1. The Labute approximate surface area is 460 Å². The number of aromatic nitrogens is 4. The number of imidazole rings is 2. The number of aromatic amines is 2. The number of nitrogens with one attached hydrogen (secondary N) is 4. The van der Waals surface area contributed by atoms with Gasteiger partial charge in [-0.1, -0.05) is 20.3 Å². The summed E-state index contributed by atoms with van der Waals surface area (Å²) in [4.78, 5) is 103. The van der Waals surface area contributed by atoms with Crippen molar-refractivity contribution in [3.8, 4) is 0 Å². The van der Waals surface area contributed by atoms with Gasteiger partial charge in [0.15, 0.2) is 0 Å². The third-order valence-corrected chi connectivity index (χ3v) is 10.00. The minimum atomic E-state index is -1.18. The van der Waals surface area contributed by atoms with Crippen molar-refractivity contribution in [2.75, 3.05) is 37.7 Å². The molecule has 35 heteroatoms. The van der Waals surface area contributed by atoms with Crippen LogP contribution in [0.25, 0.3) is 0 Å². The van der Waals surface area contributed by atoms with E-state index in [0.717, 1.165) is 63.0 Å². The van der Waals surface area contributed by atoms with E-state index in [4.69, 9.17) is 96.9 Å². The van der Waals surface area contributed by atoms with Crippen molar-refractivity contribution >= 4 is 79.0 Å². The fourth-order valence-electron chi connectivity index (χ4n) is 4.71. The lowest BCUT2D eigenvalue weighted by Crippen LogP contribution is -2.33. The summed E-state index contributed by atoms with van der Waals surface area (Å²) in [6.07, 6.45) is 13.0. The molecule has 452 valence electrons. The molecule has 4 rings (SSSR count). The van der Waals surface area contributed by atoms with Gasteiger partial charge in [0.25, 0.3) is 0 Å². The van der Waals surface area contributed by atoms with E-state index in [1.807, 2.05) is 13.8 Å².